The van der Waals surface area contributed by atoms with Gasteiger partial charge >= 0.3 is 6.09 Å². The van der Waals surface area contributed by atoms with Crippen LogP contribution in [0.2, 0.25) is 0 Å². The van der Waals surface area contributed by atoms with Crippen LogP contribution in [0.3, 0.4) is 0 Å². The Kier molecular flexibility index (Phi) is 3.82. The van der Waals surface area contributed by atoms with Crippen molar-refractivity contribution in [2.24, 2.45) is 0 Å². The number of amides is 2. The molecule has 2 bridgehead atoms. The third-order valence-corrected chi connectivity index (χ3v) is 4.27. The minimum absolute atomic E-state index is 0.0234. The number of hydrogen-bond donors (Lipinski definition) is 1. The van der Waals surface area contributed by atoms with Gasteiger partial charge in [-0.2, -0.15) is 0 Å². The van der Waals surface area contributed by atoms with Crippen LogP contribution in [-0.2, 0) is 9.53 Å². The smallest absolute Gasteiger partial charge is 0.410 e. The Labute approximate surface area is 124 Å². The van der Waals surface area contributed by atoms with Gasteiger partial charge in [-0.3, -0.25) is 9.69 Å². The van der Waals surface area contributed by atoms with E-state index in [1.807, 2.05) is 30.3 Å². The minimum Gasteiger partial charge on any atom is -0.450 e. The summed E-state index contributed by atoms with van der Waals surface area (Å²) in [5.74, 6) is 0.0234. The van der Waals surface area contributed by atoms with E-state index in [4.69, 9.17) is 4.74 Å². The van der Waals surface area contributed by atoms with E-state index < -0.39 is 0 Å². The fourth-order valence-electron chi connectivity index (χ4n) is 3.42. The van der Waals surface area contributed by atoms with Crippen LogP contribution in [0, 0.1) is 0 Å². The highest BCUT2D eigenvalue weighted by molar-refractivity contribution is 5.80. The number of nitrogens with zero attached hydrogens (tertiary/aromatic N) is 1. The van der Waals surface area contributed by atoms with E-state index in [2.05, 4.69) is 5.32 Å². The van der Waals surface area contributed by atoms with Crippen LogP contribution in [0.4, 0.5) is 4.79 Å². The van der Waals surface area contributed by atoms with Crippen LogP contribution in [0.5, 0.6) is 0 Å². The van der Waals surface area contributed by atoms with Crippen molar-refractivity contribution in [3.63, 3.8) is 0 Å². The maximum absolute atomic E-state index is 12.4. The number of carbonyl (C=O) groups excluding carboxylic acids is 2. The zero-order valence-electron chi connectivity index (χ0n) is 12.1. The summed E-state index contributed by atoms with van der Waals surface area (Å²) in [7, 11) is 0. The lowest BCUT2D eigenvalue weighted by Crippen LogP contribution is -2.51. The Balaban J connectivity index is 1.99. The second-order valence-electron chi connectivity index (χ2n) is 5.57. The van der Waals surface area contributed by atoms with Crippen molar-refractivity contribution in [1.29, 1.82) is 0 Å². The number of fused-ring (bicyclic) bond motifs is 4. The van der Waals surface area contributed by atoms with Crippen LogP contribution in [0.25, 0.3) is 0 Å². The van der Waals surface area contributed by atoms with Crippen molar-refractivity contribution in [1.82, 2.24) is 10.2 Å². The topological polar surface area (TPSA) is 58.6 Å². The van der Waals surface area contributed by atoms with Gasteiger partial charge in [-0.15, -0.1) is 0 Å². The number of nitrogens with one attached hydrogen (secondary N) is 1. The van der Waals surface area contributed by atoms with E-state index in [9.17, 15) is 9.59 Å². The molecule has 3 atom stereocenters. The summed E-state index contributed by atoms with van der Waals surface area (Å²) in [5, 5.41) is 3.06. The molecule has 5 heteroatoms. The summed E-state index contributed by atoms with van der Waals surface area (Å²) in [6, 6.07) is 9.61. The third kappa shape index (κ3) is 2.60. The first-order chi connectivity index (χ1) is 10.2. The highest BCUT2D eigenvalue weighted by atomic mass is 16.6. The zero-order chi connectivity index (χ0) is 14.8. The van der Waals surface area contributed by atoms with Crippen LogP contribution < -0.4 is 5.32 Å². The maximum Gasteiger partial charge on any atom is 0.410 e. The van der Waals surface area contributed by atoms with Crippen molar-refractivity contribution in [2.75, 3.05) is 6.61 Å². The molecular weight excluding hydrogens is 268 g/mol. The number of hydrogen-bond acceptors (Lipinski definition) is 3. The number of ether oxygens (including phenoxy) is 1. The minimum atomic E-state index is -0.322. The first-order valence-corrected chi connectivity index (χ1v) is 7.50. The Morgan fingerprint density at radius 1 is 1.33 bits per heavy atom. The molecule has 4 rings (SSSR count). The van der Waals surface area contributed by atoms with Crippen molar-refractivity contribution in [2.45, 2.75) is 44.3 Å². The lowest BCUT2D eigenvalue weighted by Gasteiger charge is -2.42. The normalized spacial score (nSPS) is 28.0. The molecule has 5 nitrogen and oxygen atoms in total. The molecule has 1 N–H and O–H groups in total. The first-order valence-electron chi connectivity index (χ1n) is 7.50. The molecule has 3 aliphatic heterocycles. The van der Waals surface area contributed by atoms with E-state index >= 15 is 0 Å². The van der Waals surface area contributed by atoms with Gasteiger partial charge in [0.1, 0.15) is 0 Å². The van der Waals surface area contributed by atoms with Gasteiger partial charge in [0, 0.05) is 12.5 Å². The number of benzene rings is 1. The summed E-state index contributed by atoms with van der Waals surface area (Å²) in [6.07, 6.45) is 1.77. The SMILES string of the molecule is CCOC(=O)N1[C@@H]2CC[C@@H](NC(=O)C2)[C@H]1c1ccccc1. The molecule has 3 aliphatic rings. The van der Waals surface area contributed by atoms with Crippen LogP contribution in [0.1, 0.15) is 37.8 Å². The van der Waals surface area contributed by atoms with E-state index in [1.54, 1.807) is 11.8 Å². The zero-order valence-corrected chi connectivity index (χ0v) is 12.1. The fourth-order valence-corrected chi connectivity index (χ4v) is 3.42. The standard InChI is InChI=1S/C16H20N2O3/c1-2-21-16(20)18-12-8-9-13(17-14(19)10-12)15(18)11-6-4-3-5-7-11/h3-7,12-13,15H,2,8-10H2,1H3,(H,17,19)/t12-,13-,15-/m1/s1. The Hall–Kier alpha value is -2.04. The first kappa shape index (κ1) is 13.9. The van der Waals surface area contributed by atoms with Gasteiger partial charge in [0.05, 0.1) is 18.7 Å². The van der Waals surface area contributed by atoms with Gasteiger partial charge in [-0.05, 0) is 25.3 Å². The molecule has 0 aromatic heterocycles. The van der Waals surface area contributed by atoms with Gasteiger partial charge in [0.15, 0.2) is 0 Å². The maximum atomic E-state index is 12.4. The van der Waals surface area contributed by atoms with Crippen molar-refractivity contribution in [3.05, 3.63) is 35.9 Å². The number of rotatable bonds is 2. The molecule has 112 valence electrons. The second kappa shape index (κ2) is 5.76. The summed E-state index contributed by atoms with van der Waals surface area (Å²) >= 11 is 0. The fraction of sp³-hybridized carbons (Fsp3) is 0.500. The molecule has 3 saturated heterocycles. The Morgan fingerprint density at radius 2 is 2.10 bits per heavy atom. The lowest BCUT2D eigenvalue weighted by atomic mass is 9.88. The van der Waals surface area contributed by atoms with Gasteiger partial charge < -0.3 is 10.1 Å². The summed E-state index contributed by atoms with van der Waals surface area (Å²) in [4.78, 5) is 26.1. The Bertz CT molecular complexity index is 532. The number of carbonyl (C=O) groups is 2. The van der Waals surface area contributed by atoms with Crippen LogP contribution in [-0.4, -0.2) is 35.6 Å². The predicted octanol–water partition coefficient (Wildman–Crippen LogP) is 2.24. The van der Waals surface area contributed by atoms with E-state index in [1.165, 1.54) is 0 Å². The van der Waals surface area contributed by atoms with Gasteiger partial charge in [0.2, 0.25) is 5.91 Å². The largest absolute Gasteiger partial charge is 0.450 e. The van der Waals surface area contributed by atoms with Gasteiger partial charge in [-0.1, -0.05) is 30.3 Å². The van der Waals surface area contributed by atoms with E-state index in [-0.39, 0.29) is 30.1 Å². The van der Waals surface area contributed by atoms with Gasteiger partial charge in [-0.25, -0.2) is 4.79 Å². The highest BCUT2D eigenvalue weighted by Gasteiger charge is 2.45. The van der Waals surface area contributed by atoms with Crippen molar-refractivity contribution >= 4 is 12.0 Å². The Morgan fingerprint density at radius 3 is 2.81 bits per heavy atom. The summed E-state index contributed by atoms with van der Waals surface area (Å²) in [5.41, 5.74) is 1.04. The predicted molar refractivity (Wildman–Crippen MR) is 77.6 cm³/mol. The van der Waals surface area contributed by atoms with Crippen LogP contribution in [0.15, 0.2) is 30.3 Å². The van der Waals surface area contributed by atoms with Gasteiger partial charge in [0.25, 0.3) is 0 Å². The molecule has 3 heterocycles. The molecule has 0 spiro atoms. The molecular formula is C16H20N2O3. The second-order valence-corrected chi connectivity index (χ2v) is 5.57. The lowest BCUT2D eigenvalue weighted by molar-refractivity contribution is -0.121. The molecule has 0 unspecified atom stereocenters. The average molecular weight is 288 g/mol. The van der Waals surface area contributed by atoms with Crippen molar-refractivity contribution < 1.29 is 14.3 Å². The average Bonchev–Trinajstić information content (AvgIpc) is 2.75. The third-order valence-electron chi connectivity index (χ3n) is 4.27. The number of piperidine rings is 1. The van der Waals surface area contributed by atoms with Crippen molar-refractivity contribution in [3.8, 4) is 0 Å². The van der Waals surface area contributed by atoms with E-state index in [0.29, 0.717) is 13.0 Å². The van der Waals surface area contributed by atoms with E-state index in [0.717, 1.165) is 18.4 Å². The molecule has 1 aromatic rings. The molecule has 0 saturated carbocycles. The summed E-state index contributed by atoms with van der Waals surface area (Å²) < 4.78 is 5.22. The monoisotopic (exact) mass is 288 g/mol. The molecule has 21 heavy (non-hydrogen) atoms. The molecule has 2 amide bonds. The molecule has 0 radical (unpaired) electrons. The quantitative estimate of drug-likeness (QED) is 0.908. The van der Waals surface area contributed by atoms with Crippen LogP contribution >= 0.6 is 0 Å². The molecule has 3 fully saturated rings. The molecule has 0 aliphatic carbocycles. The summed E-state index contributed by atoms with van der Waals surface area (Å²) in [6.45, 7) is 2.14. The highest BCUT2D eigenvalue weighted by Crippen LogP contribution is 2.38. The molecule has 1 aromatic carbocycles.